The third kappa shape index (κ3) is 4.40. The average molecular weight is 228 g/mol. The maximum atomic E-state index is 5.96. The van der Waals surface area contributed by atoms with E-state index in [1.807, 2.05) is 0 Å². The van der Waals surface area contributed by atoms with E-state index in [2.05, 4.69) is 18.9 Å². The fraction of sp³-hybridized carbons (Fsp3) is 1.00. The number of hydrogen-bond donors (Lipinski definition) is 1. The van der Waals surface area contributed by atoms with Gasteiger partial charge in [0.2, 0.25) is 0 Å². The van der Waals surface area contributed by atoms with Crippen LogP contribution < -0.4 is 5.73 Å². The van der Waals surface area contributed by atoms with Gasteiger partial charge in [0.25, 0.3) is 0 Å². The van der Waals surface area contributed by atoms with Crippen molar-refractivity contribution in [3.8, 4) is 0 Å². The molecule has 0 aliphatic carbocycles. The Kier molecular flexibility index (Phi) is 6.32. The van der Waals surface area contributed by atoms with E-state index >= 15 is 0 Å². The fourth-order valence-corrected chi connectivity index (χ4v) is 2.51. The zero-order valence-electron chi connectivity index (χ0n) is 11.0. The van der Waals surface area contributed by atoms with Crippen molar-refractivity contribution >= 4 is 0 Å². The largest absolute Gasteiger partial charge is 0.381 e. The van der Waals surface area contributed by atoms with E-state index in [1.54, 1.807) is 0 Å². The number of nitrogens with zero attached hydrogens (tertiary/aromatic N) is 1. The maximum absolute atomic E-state index is 5.96. The molecule has 0 bridgehead atoms. The van der Waals surface area contributed by atoms with Crippen LogP contribution in [-0.4, -0.2) is 44.8 Å². The molecule has 0 spiro atoms. The molecule has 0 amide bonds. The molecule has 3 nitrogen and oxygen atoms in total. The Morgan fingerprint density at radius 1 is 1.25 bits per heavy atom. The molecule has 0 aromatic carbocycles. The number of rotatable bonds is 7. The number of hydrogen-bond acceptors (Lipinski definition) is 3. The molecule has 3 heteroatoms. The highest BCUT2D eigenvalue weighted by Gasteiger charge is 2.32. The van der Waals surface area contributed by atoms with Crippen molar-refractivity contribution in [3.05, 3.63) is 0 Å². The molecule has 1 rings (SSSR count). The molecule has 0 saturated carbocycles. The summed E-state index contributed by atoms with van der Waals surface area (Å²) in [6.45, 7) is 7.17. The first-order valence-electron chi connectivity index (χ1n) is 6.69. The molecular formula is C13H28N2O. The second-order valence-corrected chi connectivity index (χ2v) is 5.26. The average Bonchev–Trinajstić information content (AvgIpc) is 2.30. The first kappa shape index (κ1) is 13.9. The molecule has 0 unspecified atom stereocenters. The second-order valence-electron chi connectivity index (χ2n) is 5.26. The molecule has 0 atom stereocenters. The molecule has 1 aliphatic heterocycles. The normalized spacial score (nSPS) is 20.2. The van der Waals surface area contributed by atoms with E-state index in [0.29, 0.717) is 5.41 Å². The summed E-state index contributed by atoms with van der Waals surface area (Å²) >= 11 is 0. The molecule has 96 valence electrons. The Labute approximate surface area is 100 Å². The van der Waals surface area contributed by atoms with Crippen LogP contribution in [0.15, 0.2) is 0 Å². The Balaban J connectivity index is 2.30. The van der Waals surface area contributed by atoms with Gasteiger partial charge in [0.1, 0.15) is 0 Å². The van der Waals surface area contributed by atoms with Crippen LogP contribution in [0.2, 0.25) is 0 Å². The van der Waals surface area contributed by atoms with Crippen LogP contribution in [0.25, 0.3) is 0 Å². The zero-order chi connectivity index (χ0) is 11.9. The predicted octanol–water partition coefficient (Wildman–Crippen LogP) is 1.86. The molecule has 2 N–H and O–H groups in total. The Hall–Kier alpha value is -0.120. The number of nitrogens with two attached hydrogens (primary N) is 1. The van der Waals surface area contributed by atoms with Gasteiger partial charge in [0, 0.05) is 19.8 Å². The monoisotopic (exact) mass is 228 g/mol. The summed E-state index contributed by atoms with van der Waals surface area (Å²) < 4.78 is 5.43. The summed E-state index contributed by atoms with van der Waals surface area (Å²) in [5.74, 6) is 0. The second kappa shape index (κ2) is 7.25. The van der Waals surface area contributed by atoms with E-state index in [-0.39, 0.29) is 0 Å². The lowest BCUT2D eigenvalue weighted by molar-refractivity contribution is 0.00356. The molecule has 16 heavy (non-hydrogen) atoms. The topological polar surface area (TPSA) is 38.5 Å². The van der Waals surface area contributed by atoms with Gasteiger partial charge in [-0.1, -0.05) is 19.8 Å². The standard InChI is InChI=1S/C13H28N2O/c1-3-4-5-8-15(2)12-13(11-14)6-9-16-10-7-13/h3-12,14H2,1-2H3. The van der Waals surface area contributed by atoms with Gasteiger partial charge in [0.05, 0.1) is 0 Å². The van der Waals surface area contributed by atoms with Gasteiger partial charge in [0.15, 0.2) is 0 Å². The van der Waals surface area contributed by atoms with Crippen LogP contribution in [0.1, 0.15) is 39.0 Å². The Morgan fingerprint density at radius 3 is 2.50 bits per heavy atom. The molecule has 1 aliphatic rings. The lowest BCUT2D eigenvalue weighted by Gasteiger charge is -2.39. The SMILES string of the molecule is CCCCCN(C)CC1(CN)CCOCC1. The smallest absolute Gasteiger partial charge is 0.0472 e. The van der Waals surface area contributed by atoms with Crippen molar-refractivity contribution < 1.29 is 4.74 Å². The number of unbranched alkanes of at least 4 members (excludes halogenated alkanes) is 2. The van der Waals surface area contributed by atoms with Gasteiger partial charge < -0.3 is 15.4 Å². The van der Waals surface area contributed by atoms with Crippen LogP contribution in [-0.2, 0) is 4.74 Å². The van der Waals surface area contributed by atoms with Gasteiger partial charge in [-0.15, -0.1) is 0 Å². The minimum absolute atomic E-state index is 0.319. The van der Waals surface area contributed by atoms with Crippen molar-refractivity contribution in [3.63, 3.8) is 0 Å². The van der Waals surface area contributed by atoms with Gasteiger partial charge >= 0.3 is 0 Å². The van der Waals surface area contributed by atoms with Gasteiger partial charge in [-0.25, -0.2) is 0 Å². The third-order valence-electron chi connectivity index (χ3n) is 3.74. The van der Waals surface area contributed by atoms with Crippen molar-refractivity contribution in [2.75, 3.05) is 39.9 Å². The first-order chi connectivity index (χ1) is 7.72. The summed E-state index contributed by atoms with van der Waals surface area (Å²) in [6, 6.07) is 0. The van der Waals surface area contributed by atoms with Gasteiger partial charge in [-0.3, -0.25) is 0 Å². The lowest BCUT2D eigenvalue weighted by atomic mass is 9.80. The van der Waals surface area contributed by atoms with Crippen molar-refractivity contribution in [2.45, 2.75) is 39.0 Å². The summed E-state index contributed by atoms with van der Waals surface area (Å²) in [7, 11) is 2.22. The van der Waals surface area contributed by atoms with E-state index < -0.39 is 0 Å². The molecule has 0 aromatic heterocycles. The summed E-state index contributed by atoms with van der Waals surface area (Å²) in [4.78, 5) is 2.45. The van der Waals surface area contributed by atoms with Gasteiger partial charge in [-0.2, -0.15) is 0 Å². The van der Waals surface area contributed by atoms with E-state index in [0.717, 1.165) is 39.1 Å². The van der Waals surface area contributed by atoms with Crippen molar-refractivity contribution in [1.29, 1.82) is 0 Å². The predicted molar refractivity (Wildman–Crippen MR) is 68.6 cm³/mol. The van der Waals surface area contributed by atoms with Crippen molar-refractivity contribution in [2.24, 2.45) is 11.1 Å². The summed E-state index contributed by atoms with van der Waals surface area (Å²) in [6.07, 6.45) is 6.19. The first-order valence-corrected chi connectivity index (χ1v) is 6.69. The highest BCUT2D eigenvalue weighted by Crippen LogP contribution is 2.30. The Morgan fingerprint density at radius 2 is 1.94 bits per heavy atom. The van der Waals surface area contributed by atoms with E-state index in [9.17, 15) is 0 Å². The van der Waals surface area contributed by atoms with E-state index in [1.165, 1.54) is 25.8 Å². The number of ether oxygens (including phenoxy) is 1. The minimum Gasteiger partial charge on any atom is -0.381 e. The molecule has 0 aromatic rings. The maximum Gasteiger partial charge on any atom is 0.0472 e. The minimum atomic E-state index is 0.319. The molecular weight excluding hydrogens is 200 g/mol. The van der Waals surface area contributed by atoms with E-state index in [4.69, 9.17) is 10.5 Å². The lowest BCUT2D eigenvalue weighted by Crippen LogP contribution is -2.45. The van der Waals surface area contributed by atoms with Crippen LogP contribution >= 0.6 is 0 Å². The van der Waals surface area contributed by atoms with Crippen LogP contribution in [0.5, 0.6) is 0 Å². The van der Waals surface area contributed by atoms with Crippen molar-refractivity contribution in [1.82, 2.24) is 4.90 Å². The van der Waals surface area contributed by atoms with Crippen LogP contribution in [0.4, 0.5) is 0 Å². The highest BCUT2D eigenvalue weighted by molar-refractivity contribution is 4.85. The van der Waals surface area contributed by atoms with Crippen LogP contribution in [0.3, 0.4) is 0 Å². The Bertz CT molecular complexity index is 179. The summed E-state index contributed by atoms with van der Waals surface area (Å²) in [5, 5.41) is 0. The van der Waals surface area contributed by atoms with Crippen LogP contribution in [0, 0.1) is 5.41 Å². The third-order valence-corrected chi connectivity index (χ3v) is 3.74. The zero-order valence-corrected chi connectivity index (χ0v) is 11.0. The molecule has 1 fully saturated rings. The molecule has 1 saturated heterocycles. The molecule has 1 heterocycles. The fourth-order valence-electron chi connectivity index (χ4n) is 2.51. The molecule has 0 radical (unpaired) electrons. The summed E-state index contributed by atoms with van der Waals surface area (Å²) in [5.41, 5.74) is 6.28. The highest BCUT2D eigenvalue weighted by atomic mass is 16.5. The van der Waals surface area contributed by atoms with Gasteiger partial charge in [-0.05, 0) is 44.8 Å². The quantitative estimate of drug-likeness (QED) is 0.676.